The smallest absolute Gasteiger partial charge is 0.329 e. The summed E-state index contributed by atoms with van der Waals surface area (Å²) < 4.78 is 10.3. The van der Waals surface area contributed by atoms with Crippen molar-refractivity contribution in [1.29, 1.82) is 0 Å². The van der Waals surface area contributed by atoms with Crippen molar-refractivity contribution in [3.63, 3.8) is 0 Å². The van der Waals surface area contributed by atoms with Crippen LogP contribution in [0.25, 0.3) is 0 Å². The maximum atomic E-state index is 10.2. The third-order valence-corrected chi connectivity index (χ3v) is 3.74. The van der Waals surface area contributed by atoms with Gasteiger partial charge in [0.25, 0.3) is 0 Å². The van der Waals surface area contributed by atoms with Crippen LogP contribution in [0.5, 0.6) is 0 Å². The molecule has 0 bridgehead atoms. The molecule has 0 aliphatic carbocycles. The van der Waals surface area contributed by atoms with E-state index in [1.165, 1.54) is 37.2 Å². The number of rotatable bonds is 15. The fourth-order valence-electron chi connectivity index (χ4n) is 1.58. The Morgan fingerprint density at radius 3 is 2.05 bits per heavy atom. The second kappa shape index (κ2) is 15.8. The molecule has 0 aromatic rings. The molecule has 0 aromatic carbocycles. The minimum absolute atomic E-state index is 0.170. The molecule has 0 unspecified atom stereocenters. The van der Waals surface area contributed by atoms with Gasteiger partial charge in [0.1, 0.15) is 6.61 Å². The number of carboxylic acid groups (broad SMARTS) is 1. The first-order chi connectivity index (χ1) is 9.27. The van der Waals surface area contributed by atoms with Crippen molar-refractivity contribution in [3.8, 4) is 0 Å². The number of hydrogen-bond donors (Lipinski definition) is 1. The Bertz CT molecular complexity index is 200. The van der Waals surface area contributed by atoms with Gasteiger partial charge in [-0.2, -0.15) is 11.8 Å². The number of unbranched alkanes of at least 4 members (excludes halogenated alkanes) is 4. The third kappa shape index (κ3) is 17.7. The predicted octanol–water partition coefficient (Wildman–Crippen LogP) is 3.20. The van der Waals surface area contributed by atoms with Crippen LogP contribution in [0.2, 0.25) is 0 Å². The zero-order chi connectivity index (χ0) is 14.2. The van der Waals surface area contributed by atoms with Crippen molar-refractivity contribution in [3.05, 3.63) is 0 Å². The standard InChI is InChI=1S/C14H28O4S/c1-2-17-9-5-3-7-11-19-12-8-4-6-10-18-13-14(15)16/h2-13H2,1H3,(H,15,16). The van der Waals surface area contributed by atoms with Crippen LogP contribution in [0.15, 0.2) is 0 Å². The largest absolute Gasteiger partial charge is 0.480 e. The van der Waals surface area contributed by atoms with Crippen LogP contribution in [0.4, 0.5) is 0 Å². The Kier molecular flexibility index (Phi) is 15.6. The number of ether oxygens (including phenoxy) is 2. The van der Waals surface area contributed by atoms with Gasteiger partial charge in [0, 0.05) is 19.8 Å². The molecular formula is C14H28O4S. The first-order valence-electron chi connectivity index (χ1n) is 7.22. The SMILES string of the molecule is CCOCCCCCSCCCCCOCC(=O)O. The van der Waals surface area contributed by atoms with E-state index >= 15 is 0 Å². The van der Waals surface area contributed by atoms with Gasteiger partial charge in [0.05, 0.1) is 0 Å². The van der Waals surface area contributed by atoms with Gasteiger partial charge in [-0.15, -0.1) is 0 Å². The second-order valence-corrected chi connectivity index (χ2v) is 5.60. The summed E-state index contributed by atoms with van der Waals surface area (Å²) in [6.07, 6.45) is 6.99. The number of carboxylic acids is 1. The first kappa shape index (κ1) is 18.7. The highest BCUT2D eigenvalue weighted by Gasteiger charge is 1.96. The fourth-order valence-corrected chi connectivity index (χ4v) is 2.60. The van der Waals surface area contributed by atoms with Gasteiger partial charge in [-0.3, -0.25) is 0 Å². The van der Waals surface area contributed by atoms with Crippen molar-refractivity contribution in [2.24, 2.45) is 0 Å². The van der Waals surface area contributed by atoms with E-state index in [0.717, 1.165) is 26.1 Å². The molecule has 0 fully saturated rings. The summed E-state index contributed by atoms with van der Waals surface area (Å²) in [4.78, 5) is 10.2. The minimum atomic E-state index is -0.889. The molecule has 0 saturated heterocycles. The van der Waals surface area contributed by atoms with Gasteiger partial charge in [-0.25, -0.2) is 4.79 Å². The Balaban J connectivity index is 2.93. The van der Waals surface area contributed by atoms with Crippen molar-refractivity contribution in [1.82, 2.24) is 0 Å². The van der Waals surface area contributed by atoms with E-state index in [1.807, 2.05) is 18.7 Å². The Hall–Kier alpha value is -0.260. The molecular weight excluding hydrogens is 264 g/mol. The van der Waals surface area contributed by atoms with Gasteiger partial charge in [-0.1, -0.05) is 12.8 Å². The third-order valence-electron chi connectivity index (χ3n) is 2.58. The molecule has 1 N–H and O–H groups in total. The summed E-state index contributed by atoms with van der Waals surface area (Å²) >= 11 is 2.01. The number of thioether (sulfide) groups is 1. The van der Waals surface area contributed by atoms with Gasteiger partial charge < -0.3 is 14.6 Å². The maximum Gasteiger partial charge on any atom is 0.329 e. The lowest BCUT2D eigenvalue weighted by Crippen LogP contribution is -2.07. The Morgan fingerprint density at radius 2 is 1.53 bits per heavy atom. The van der Waals surface area contributed by atoms with Crippen molar-refractivity contribution >= 4 is 17.7 Å². The van der Waals surface area contributed by atoms with Crippen LogP contribution < -0.4 is 0 Å². The van der Waals surface area contributed by atoms with Crippen molar-refractivity contribution in [2.75, 3.05) is 37.9 Å². The van der Waals surface area contributed by atoms with E-state index in [2.05, 4.69) is 0 Å². The van der Waals surface area contributed by atoms with E-state index < -0.39 is 5.97 Å². The van der Waals surface area contributed by atoms with E-state index in [4.69, 9.17) is 14.6 Å². The number of hydrogen-bond acceptors (Lipinski definition) is 4. The summed E-state index contributed by atoms with van der Waals surface area (Å²) in [6.45, 7) is 4.15. The van der Waals surface area contributed by atoms with Crippen molar-refractivity contribution < 1.29 is 19.4 Å². The fraction of sp³-hybridized carbons (Fsp3) is 0.929. The van der Waals surface area contributed by atoms with Crippen LogP contribution in [-0.4, -0.2) is 49.0 Å². The molecule has 0 aromatic heterocycles. The lowest BCUT2D eigenvalue weighted by atomic mass is 10.3. The maximum absolute atomic E-state index is 10.2. The molecule has 19 heavy (non-hydrogen) atoms. The Labute approximate surface area is 121 Å². The summed E-state index contributed by atoms with van der Waals surface area (Å²) in [5.41, 5.74) is 0. The summed E-state index contributed by atoms with van der Waals surface area (Å²) in [5.74, 6) is 1.55. The van der Waals surface area contributed by atoms with Crippen LogP contribution in [0.3, 0.4) is 0 Å². The van der Waals surface area contributed by atoms with E-state index in [9.17, 15) is 4.79 Å². The van der Waals surface area contributed by atoms with Crippen LogP contribution in [0.1, 0.15) is 45.4 Å². The van der Waals surface area contributed by atoms with Gasteiger partial charge in [0.15, 0.2) is 0 Å². The minimum Gasteiger partial charge on any atom is -0.480 e. The highest BCUT2D eigenvalue weighted by atomic mass is 32.2. The second-order valence-electron chi connectivity index (χ2n) is 4.38. The highest BCUT2D eigenvalue weighted by molar-refractivity contribution is 7.99. The summed E-state index contributed by atoms with van der Waals surface area (Å²) in [7, 11) is 0. The monoisotopic (exact) mass is 292 g/mol. The van der Waals surface area contributed by atoms with Crippen molar-refractivity contribution in [2.45, 2.75) is 45.4 Å². The zero-order valence-corrected chi connectivity index (χ0v) is 12.9. The molecule has 114 valence electrons. The quantitative estimate of drug-likeness (QED) is 0.470. The average Bonchev–Trinajstić information content (AvgIpc) is 2.39. The van der Waals surface area contributed by atoms with Gasteiger partial charge in [0.2, 0.25) is 0 Å². The average molecular weight is 292 g/mol. The number of carbonyl (C=O) groups is 1. The van der Waals surface area contributed by atoms with E-state index in [1.54, 1.807) is 0 Å². The molecule has 0 amide bonds. The van der Waals surface area contributed by atoms with E-state index in [0.29, 0.717) is 6.61 Å². The molecule has 5 heteroatoms. The van der Waals surface area contributed by atoms with E-state index in [-0.39, 0.29) is 6.61 Å². The van der Waals surface area contributed by atoms with Crippen LogP contribution >= 0.6 is 11.8 Å². The first-order valence-corrected chi connectivity index (χ1v) is 8.38. The van der Waals surface area contributed by atoms with Gasteiger partial charge >= 0.3 is 5.97 Å². The van der Waals surface area contributed by atoms with Crippen LogP contribution in [-0.2, 0) is 14.3 Å². The molecule has 0 aliphatic rings. The molecule has 4 nitrogen and oxygen atoms in total. The van der Waals surface area contributed by atoms with Crippen LogP contribution in [0, 0.1) is 0 Å². The topological polar surface area (TPSA) is 55.8 Å². The lowest BCUT2D eigenvalue weighted by Gasteiger charge is -2.03. The normalized spacial score (nSPS) is 10.8. The molecule has 0 atom stereocenters. The predicted molar refractivity (Wildman–Crippen MR) is 80.0 cm³/mol. The Morgan fingerprint density at radius 1 is 0.947 bits per heavy atom. The number of aliphatic carboxylic acids is 1. The highest BCUT2D eigenvalue weighted by Crippen LogP contribution is 2.10. The molecule has 0 heterocycles. The summed E-state index contributed by atoms with van der Waals surface area (Å²) in [6, 6.07) is 0. The molecule has 0 radical (unpaired) electrons. The molecule has 0 saturated carbocycles. The molecule has 0 rings (SSSR count). The summed E-state index contributed by atoms with van der Waals surface area (Å²) in [5, 5.41) is 8.37. The van der Waals surface area contributed by atoms with Gasteiger partial charge in [-0.05, 0) is 44.1 Å². The zero-order valence-electron chi connectivity index (χ0n) is 12.1. The molecule has 0 spiro atoms. The lowest BCUT2D eigenvalue weighted by molar-refractivity contribution is -0.142. The molecule has 0 aliphatic heterocycles.